The Balaban J connectivity index is 0.000000462. The highest BCUT2D eigenvalue weighted by molar-refractivity contribution is 5.56. The van der Waals surface area contributed by atoms with E-state index in [2.05, 4.69) is 124 Å². The van der Waals surface area contributed by atoms with E-state index in [1.165, 1.54) is 89.0 Å². The molecule has 9 rings (SSSR count). The van der Waals surface area contributed by atoms with Gasteiger partial charge in [0.15, 0.2) is 0 Å². The molecule has 0 aliphatic carbocycles. The zero-order valence-corrected chi connectivity index (χ0v) is 51.2. The number of rotatable bonds is 16. The van der Waals surface area contributed by atoms with E-state index in [4.69, 9.17) is 15.5 Å². The van der Waals surface area contributed by atoms with Crippen molar-refractivity contribution in [1.82, 2.24) is 19.9 Å². The van der Waals surface area contributed by atoms with Crippen LogP contribution in [0.3, 0.4) is 0 Å². The average molecular weight is 1140 g/mol. The molecule has 0 saturated heterocycles. The molecule has 0 amide bonds. The monoisotopic (exact) mass is 1130 g/mol. The van der Waals surface area contributed by atoms with Gasteiger partial charge in [0.1, 0.15) is 23.0 Å². The van der Waals surface area contributed by atoms with E-state index in [0.29, 0.717) is 0 Å². The van der Waals surface area contributed by atoms with Gasteiger partial charge in [-0.25, -0.2) is 0 Å². The molecule has 448 valence electrons. The Labute approximate surface area is 493 Å². The SMILES string of the molecule is CC#N.CC1(c2ccc(O)cc2)c2ccc([nH]2)C(C)(c2ccc(O)cc2)c2ccc([nH]2)C(C)(c2ccc(O)cc2)c2ccc([nH]2)C(C)(c2ccc(O)cc2)c2ccc1[nH]2.CCCC[N+](CCCC)(CCCC)CCCC.CCO.CCO.[F-]. The molecule has 0 spiro atoms. The van der Waals surface area contributed by atoms with Crippen LogP contribution in [0.15, 0.2) is 146 Å². The van der Waals surface area contributed by atoms with Gasteiger partial charge in [0.25, 0.3) is 0 Å². The summed E-state index contributed by atoms with van der Waals surface area (Å²) in [6, 6.07) is 48.4. The molecule has 0 radical (unpaired) electrons. The predicted octanol–water partition coefficient (Wildman–Crippen LogP) is 12.1. The van der Waals surface area contributed by atoms with Gasteiger partial charge in [0, 0.05) is 65.7 Å². The molecule has 12 nitrogen and oxygen atoms in total. The molecule has 4 aromatic heterocycles. The lowest BCUT2D eigenvalue weighted by molar-refractivity contribution is -0.929. The van der Waals surface area contributed by atoms with Crippen molar-refractivity contribution in [1.29, 1.82) is 5.26 Å². The van der Waals surface area contributed by atoms with Crippen LogP contribution in [-0.4, -0.2) is 94.5 Å². The molecule has 1 aliphatic rings. The summed E-state index contributed by atoms with van der Waals surface area (Å²) in [5.74, 6) is 0.756. The lowest BCUT2D eigenvalue weighted by atomic mass is 9.76. The third kappa shape index (κ3) is 15.2. The van der Waals surface area contributed by atoms with E-state index in [9.17, 15) is 20.4 Å². The van der Waals surface area contributed by atoms with Crippen molar-refractivity contribution in [3.63, 3.8) is 0 Å². The van der Waals surface area contributed by atoms with Crippen LogP contribution < -0.4 is 4.70 Å². The molecule has 1 aliphatic heterocycles. The minimum atomic E-state index is -0.730. The molecule has 0 atom stereocenters. The maximum atomic E-state index is 10.4. The molecular formula is C70H95FN6O6. The zero-order valence-electron chi connectivity index (χ0n) is 51.2. The Morgan fingerprint density at radius 2 is 0.494 bits per heavy atom. The van der Waals surface area contributed by atoms with Crippen LogP contribution in [0.5, 0.6) is 23.0 Å². The molecule has 4 aromatic carbocycles. The van der Waals surface area contributed by atoms with Crippen molar-refractivity contribution in [2.24, 2.45) is 0 Å². The van der Waals surface area contributed by atoms with Gasteiger partial charge >= 0.3 is 0 Å². The summed E-state index contributed by atoms with van der Waals surface area (Å²) >= 11 is 0. The van der Waals surface area contributed by atoms with Crippen LogP contribution >= 0.6 is 0 Å². The second kappa shape index (κ2) is 31.2. The number of quaternary nitrogens is 1. The minimum absolute atomic E-state index is 0. The topological polar surface area (TPSA) is 208 Å². The second-order valence-corrected chi connectivity index (χ2v) is 22.3. The molecule has 0 fully saturated rings. The largest absolute Gasteiger partial charge is 1.00 e. The van der Waals surface area contributed by atoms with Crippen molar-refractivity contribution in [2.75, 3.05) is 39.4 Å². The number of nitrogens with zero attached hydrogens (tertiary/aromatic N) is 2. The van der Waals surface area contributed by atoms with Crippen LogP contribution in [0.25, 0.3) is 0 Å². The third-order valence-electron chi connectivity index (χ3n) is 16.8. The van der Waals surface area contributed by atoms with Crippen LogP contribution in [0.2, 0.25) is 0 Å². The maximum Gasteiger partial charge on any atom is 0.115 e. The lowest BCUT2D eigenvalue weighted by Gasteiger charge is -2.39. The second-order valence-electron chi connectivity index (χ2n) is 22.3. The Hall–Kier alpha value is -7.50. The summed E-state index contributed by atoms with van der Waals surface area (Å²) < 4.78 is 1.42. The number of aromatic nitrogens is 4. The number of fused-ring (bicyclic) bond motifs is 8. The predicted molar refractivity (Wildman–Crippen MR) is 334 cm³/mol. The third-order valence-corrected chi connectivity index (χ3v) is 16.8. The van der Waals surface area contributed by atoms with Crippen LogP contribution in [-0.2, 0) is 21.7 Å². The quantitative estimate of drug-likeness (QED) is 0.0423. The van der Waals surface area contributed by atoms with E-state index < -0.39 is 21.7 Å². The summed E-state index contributed by atoms with van der Waals surface area (Å²) in [5, 5.41) is 63.9. The van der Waals surface area contributed by atoms with Gasteiger partial charge in [0.2, 0.25) is 0 Å². The molecular weight excluding hydrogens is 1040 g/mol. The van der Waals surface area contributed by atoms with E-state index in [1.807, 2.05) is 48.5 Å². The number of phenolic OH excluding ortho intramolecular Hbond substituents is 4. The number of aliphatic hydroxyl groups is 2. The number of aromatic hydroxyl groups is 4. The lowest BCUT2D eigenvalue weighted by Crippen LogP contribution is -3.00. The van der Waals surface area contributed by atoms with Gasteiger partial charge in [-0.05, 0) is 187 Å². The highest BCUT2D eigenvalue weighted by atomic mass is 19.0. The first-order valence-electron chi connectivity index (χ1n) is 29.7. The number of hydrogen-bond acceptors (Lipinski definition) is 7. The molecule has 0 saturated carbocycles. The number of unbranched alkanes of at least 4 members (excludes halogenated alkanes) is 4. The van der Waals surface area contributed by atoms with Gasteiger partial charge in [0.05, 0.1) is 53.9 Å². The Kier molecular flexibility index (Phi) is 25.6. The van der Waals surface area contributed by atoms with Crippen molar-refractivity contribution in [3.8, 4) is 29.1 Å². The summed E-state index contributed by atoms with van der Waals surface area (Å²) in [7, 11) is 0. The highest BCUT2D eigenvalue weighted by Gasteiger charge is 2.44. The van der Waals surface area contributed by atoms with E-state index in [1.54, 1.807) is 68.4 Å². The number of nitriles is 1. The van der Waals surface area contributed by atoms with Gasteiger partial charge in [-0.3, -0.25) is 0 Å². The first-order chi connectivity index (χ1) is 39.3. The van der Waals surface area contributed by atoms with E-state index in [0.717, 1.165) is 67.8 Å². The molecule has 13 heteroatoms. The number of halogens is 1. The fourth-order valence-corrected chi connectivity index (χ4v) is 11.6. The summed E-state index contributed by atoms with van der Waals surface area (Å²) in [5.41, 5.74) is 8.53. The van der Waals surface area contributed by atoms with Gasteiger partial charge in [-0.2, -0.15) is 5.26 Å². The summed E-state index contributed by atoms with van der Waals surface area (Å²) in [4.78, 5) is 15.6. The fourth-order valence-electron chi connectivity index (χ4n) is 11.6. The number of hydrogen-bond donors (Lipinski definition) is 10. The Bertz CT molecular complexity index is 2680. The van der Waals surface area contributed by atoms with Gasteiger partial charge in [-0.15, -0.1) is 0 Å². The number of aromatic amines is 4. The number of benzene rings is 4. The Morgan fingerprint density at radius 3 is 0.627 bits per heavy atom. The van der Waals surface area contributed by atoms with Crippen molar-refractivity contribution < 1.29 is 39.8 Å². The summed E-state index contributed by atoms with van der Waals surface area (Å²) in [6.07, 6.45) is 11.1. The Morgan fingerprint density at radius 1 is 0.349 bits per heavy atom. The first kappa shape index (κ1) is 68.0. The van der Waals surface area contributed by atoms with Crippen LogP contribution in [0.4, 0.5) is 0 Å². The summed E-state index contributed by atoms with van der Waals surface area (Å²) in [6.45, 7) is 29.1. The highest BCUT2D eigenvalue weighted by Crippen LogP contribution is 2.48. The van der Waals surface area contributed by atoms with Gasteiger partial charge in [-0.1, -0.05) is 102 Å². The van der Waals surface area contributed by atoms with Crippen LogP contribution in [0, 0.1) is 11.3 Å². The number of aliphatic hydroxyl groups excluding tert-OH is 2. The maximum absolute atomic E-state index is 10.4. The minimum Gasteiger partial charge on any atom is -1.00 e. The first-order valence-corrected chi connectivity index (χ1v) is 29.7. The number of H-pyrrole nitrogens is 4. The average Bonchev–Trinajstić information content (AvgIpc) is 4.34. The fraction of sp³-hybridized carbons (Fsp3) is 0.414. The molecule has 8 aromatic rings. The van der Waals surface area contributed by atoms with Crippen molar-refractivity contribution in [2.45, 2.75) is 149 Å². The smallest absolute Gasteiger partial charge is 0.115 e. The molecule has 10 N–H and O–H groups in total. The van der Waals surface area contributed by atoms with Crippen molar-refractivity contribution in [3.05, 3.63) is 213 Å². The van der Waals surface area contributed by atoms with Gasteiger partial charge < -0.3 is 59.8 Å². The molecule has 8 bridgehead atoms. The molecule has 0 unspecified atom stereocenters. The molecule has 83 heavy (non-hydrogen) atoms. The molecule has 5 heterocycles. The van der Waals surface area contributed by atoms with Crippen LogP contribution in [0.1, 0.15) is 195 Å². The van der Waals surface area contributed by atoms with E-state index in [-0.39, 0.29) is 40.9 Å². The number of phenols is 4. The standard InChI is InChI=1S/C48H44N4O4.C16H36N.C2H3N.2C2H6O.FH/c1-45(29-5-13-33(53)14-6-29)37-21-23-39(49-37)46(2,30-7-15-34(54)16-8-30)41-25-27-43(51-41)48(4,32-11-19-36(56)20-12-32)44-28-26-42(52-44)47(3,40-24-22-38(45)50-40)31-9-17-35(55)18-10-31;1-5-9-13-17(14-10-6-2,15-11-7-3)16-12-8-4;3*1-2-3;/h5-28,49-56H,1-4H3;5-16H2,1-4H3;1H3;2*3H,2H2,1H3;1H/q;+1;;;;/p-1. The normalized spacial score (nSPS) is 18.7. The van der Waals surface area contributed by atoms with Crippen molar-refractivity contribution >= 4 is 0 Å². The van der Waals surface area contributed by atoms with E-state index >= 15 is 0 Å². The zero-order chi connectivity index (χ0) is 60.1. The number of nitrogens with one attached hydrogen (secondary N) is 4.